The molecule has 112 valence electrons. The first kappa shape index (κ1) is 15.8. The molecule has 2 rings (SSSR count). The van der Waals surface area contributed by atoms with Crippen LogP contribution in [0.1, 0.15) is 34.6 Å². The molecular weight excluding hydrogens is 268 g/mol. The van der Waals surface area contributed by atoms with Crippen molar-refractivity contribution >= 4 is 11.6 Å². The Morgan fingerprint density at radius 1 is 1.00 bits per heavy atom. The van der Waals surface area contributed by atoms with Crippen LogP contribution < -0.4 is 0 Å². The van der Waals surface area contributed by atoms with Gasteiger partial charge in [-0.2, -0.15) is 0 Å². The van der Waals surface area contributed by atoms with Gasteiger partial charge in [-0.25, -0.2) is 0 Å². The van der Waals surface area contributed by atoms with Crippen LogP contribution in [-0.4, -0.2) is 49.1 Å². The fraction of sp³-hybridized carbons (Fsp3) is 0.647. The number of likely N-dealkylation sites (N-methyl/N-ethyl adjacent to an activating group) is 1. The van der Waals surface area contributed by atoms with Crippen LogP contribution in [0.5, 0.6) is 0 Å². The Bertz CT molecular complexity index is 427. The molecule has 1 unspecified atom stereocenters. The molecule has 1 saturated heterocycles. The monoisotopic (exact) mass is 294 g/mol. The predicted octanol–water partition coefficient (Wildman–Crippen LogP) is 3.53. The molecule has 0 N–H and O–H groups in total. The van der Waals surface area contributed by atoms with Gasteiger partial charge in [0.15, 0.2) is 0 Å². The largest absolute Gasteiger partial charge is 0.301 e. The Morgan fingerprint density at radius 3 is 2.00 bits per heavy atom. The molecule has 1 atom stereocenters. The van der Waals surface area contributed by atoms with E-state index in [-0.39, 0.29) is 5.38 Å². The van der Waals surface area contributed by atoms with Crippen LogP contribution >= 0.6 is 11.6 Å². The van der Waals surface area contributed by atoms with E-state index in [4.69, 9.17) is 11.6 Å². The molecule has 0 aromatic heterocycles. The van der Waals surface area contributed by atoms with Crippen molar-refractivity contribution in [3.8, 4) is 0 Å². The van der Waals surface area contributed by atoms with Crippen molar-refractivity contribution in [3.63, 3.8) is 0 Å². The maximum Gasteiger partial charge on any atom is 0.0717 e. The second kappa shape index (κ2) is 6.93. The molecule has 0 aliphatic carbocycles. The first-order valence-electron chi connectivity index (χ1n) is 7.67. The van der Waals surface area contributed by atoms with Crippen molar-refractivity contribution in [2.45, 2.75) is 33.1 Å². The van der Waals surface area contributed by atoms with Crippen molar-refractivity contribution in [2.75, 3.05) is 39.3 Å². The Labute approximate surface area is 128 Å². The molecule has 20 heavy (non-hydrogen) atoms. The van der Waals surface area contributed by atoms with Gasteiger partial charge in [0.1, 0.15) is 0 Å². The van der Waals surface area contributed by atoms with Crippen molar-refractivity contribution < 1.29 is 0 Å². The van der Waals surface area contributed by atoms with Gasteiger partial charge >= 0.3 is 0 Å². The summed E-state index contributed by atoms with van der Waals surface area (Å²) >= 11 is 6.72. The van der Waals surface area contributed by atoms with E-state index in [9.17, 15) is 0 Å². The van der Waals surface area contributed by atoms with Crippen LogP contribution in [0, 0.1) is 20.8 Å². The third-order valence-electron chi connectivity index (χ3n) is 4.38. The number of halogens is 1. The topological polar surface area (TPSA) is 6.48 Å². The molecule has 1 aliphatic heterocycles. The summed E-state index contributed by atoms with van der Waals surface area (Å²) < 4.78 is 0. The number of hydrogen-bond donors (Lipinski definition) is 0. The Morgan fingerprint density at radius 2 is 1.50 bits per heavy atom. The highest BCUT2D eigenvalue weighted by Crippen LogP contribution is 2.29. The molecule has 3 heteroatoms. The fourth-order valence-corrected chi connectivity index (χ4v) is 3.83. The lowest BCUT2D eigenvalue weighted by Gasteiger charge is -2.35. The van der Waals surface area contributed by atoms with E-state index >= 15 is 0 Å². The van der Waals surface area contributed by atoms with E-state index in [1.807, 2.05) is 0 Å². The van der Waals surface area contributed by atoms with E-state index in [2.05, 4.69) is 49.6 Å². The zero-order valence-electron chi connectivity index (χ0n) is 13.2. The van der Waals surface area contributed by atoms with Gasteiger partial charge in [0.2, 0.25) is 0 Å². The van der Waals surface area contributed by atoms with E-state index in [1.54, 1.807) is 0 Å². The smallest absolute Gasteiger partial charge is 0.0717 e. The van der Waals surface area contributed by atoms with Crippen LogP contribution in [0.3, 0.4) is 0 Å². The van der Waals surface area contributed by atoms with Gasteiger partial charge in [0, 0.05) is 32.7 Å². The highest BCUT2D eigenvalue weighted by atomic mass is 35.5. The standard InChI is InChI=1S/C17H27ClN2/c1-5-19-6-8-20(9-7-19)12-16(18)17-14(3)10-13(2)11-15(17)4/h10-11,16H,5-9,12H2,1-4H3. The molecule has 1 aromatic rings. The number of nitrogens with zero attached hydrogens (tertiary/aromatic N) is 2. The first-order chi connectivity index (χ1) is 9.51. The molecule has 0 saturated carbocycles. The summed E-state index contributed by atoms with van der Waals surface area (Å²) in [5, 5.41) is 0.101. The van der Waals surface area contributed by atoms with E-state index in [0.29, 0.717) is 0 Å². The third kappa shape index (κ3) is 3.75. The van der Waals surface area contributed by atoms with Gasteiger partial charge in [-0.15, -0.1) is 11.6 Å². The molecule has 0 amide bonds. The summed E-state index contributed by atoms with van der Waals surface area (Å²) in [6.45, 7) is 15.5. The van der Waals surface area contributed by atoms with Gasteiger partial charge < -0.3 is 4.90 Å². The van der Waals surface area contributed by atoms with E-state index < -0.39 is 0 Å². The molecule has 0 radical (unpaired) electrons. The van der Waals surface area contributed by atoms with Gasteiger partial charge in [0.25, 0.3) is 0 Å². The lowest BCUT2D eigenvalue weighted by atomic mass is 9.97. The number of alkyl halides is 1. The van der Waals surface area contributed by atoms with E-state index in [0.717, 1.165) is 26.2 Å². The minimum absolute atomic E-state index is 0.101. The van der Waals surface area contributed by atoms with Crippen molar-refractivity contribution in [3.05, 3.63) is 34.4 Å². The lowest BCUT2D eigenvalue weighted by molar-refractivity contribution is 0.137. The van der Waals surface area contributed by atoms with Crippen LogP contribution in [0.25, 0.3) is 0 Å². The minimum atomic E-state index is 0.101. The molecular formula is C17H27ClN2. The average Bonchev–Trinajstić information content (AvgIpc) is 2.38. The van der Waals surface area contributed by atoms with Crippen LogP contribution in [0.15, 0.2) is 12.1 Å². The average molecular weight is 295 g/mol. The molecule has 1 fully saturated rings. The summed E-state index contributed by atoms with van der Waals surface area (Å²) in [7, 11) is 0. The summed E-state index contributed by atoms with van der Waals surface area (Å²) in [6, 6.07) is 4.49. The number of hydrogen-bond acceptors (Lipinski definition) is 2. The summed E-state index contributed by atoms with van der Waals surface area (Å²) in [6.07, 6.45) is 0. The highest BCUT2D eigenvalue weighted by molar-refractivity contribution is 6.21. The van der Waals surface area contributed by atoms with Crippen molar-refractivity contribution in [1.82, 2.24) is 9.80 Å². The normalized spacial score (nSPS) is 19.2. The SMILES string of the molecule is CCN1CCN(CC(Cl)c2c(C)cc(C)cc2C)CC1. The minimum Gasteiger partial charge on any atom is -0.301 e. The third-order valence-corrected chi connectivity index (χ3v) is 4.74. The Kier molecular flexibility index (Phi) is 5.48. The van der Waals surface area contributed by atoms with Crippen molar-refractivity contribution in [2.24, 2.45) is 0 Å². The van der Waals surface area contributed by atoms with Crippen molar-refractivity contribution in [1.29, 1.82) is 0 Å². The second-order valence-electron chi connectivity index (χ2n) is 6.01. The second-order valence-corrected chi connectivity index (χ2v) is 6.54. The molecule has 1 heterocycles. The Hall–Kier alpha value is -0.570. The quantitative estimate of drug-likeness (QED) is 0.784. The number of benzene rings is 1. The Balaban J connectivity index is 2.00. The molecule has 0 bridgehead atoms. The number of rotatable bonds is 4. The molecule has 1 aromatic carbocycles. The molecule has 2 nitrogen and oxygen atoms in total. The fourth-order valence-electron chi connectivity index (χ4n) is 3.29. The van der Waals surface area contributed by atoms with Gasteiger partial charge in [-0.05, 0) is 44.0 Å². The first-order valence-corrected chi connectivity index (χ1v) is 8.11. The van der Waals surface area contributed by atoms with Gasteiger partial charge in [-0.3, -0.25) is 4.90 Å². The maximum absolute atomic E-state index is 6.72. The zero-order chi connectivity index (χ0) is 14.7. The zero-order valence-corrected chi connectivity index (χ0v) is 14.0. The van der Waals surface area contributed by atoms with Crippen LogP contribution in [-0.2, 0) is 0 Å². The summed E-state index contributed by atoms with van der Waals surface area (Å²) in [5.74, 6) is 0. The van der Waals surface area contributed by atoms with Gasteiger partial charge in [0.05, 0.1) is 5.38 Å². The number of piperazine rings is 1. The lowest BCUT2D eigenvalue weighted by Crippen LogP contribution is -2.46. The summed E-state index contributed by atoms with van der Waals surface area (Å²) in [5.41, 5.74) is 5.31. The van der Waals surface area contributed by atoms with Crippen LogP contribution in [0.2, 0.25) is 0 Å². The summed E-state index contributed by atoms with van der Waals surface area (Å²) in [4.78, 5) is 5.00. The van der Waals surface area contributed by atoms with E-state index in [1.165, 1.54) is 35.3 Å². The van der Waals surface area contributed by atoms with Gasteiger partial charge in [-0.1, -0.05) is 24.6 Å². The van der Waals surface area contributed by atoms with Crippen LogP contribution in [0.4, 0.5) is 0 Å². The maximum atomic E-state index is 6.72. The number of aryl methyl sites for hydroxylation is 3. The predicted molar refractivity (Wildman–Crippen MR) is 87.8 cm³/mol. The molecule has 1 aliphatic rings. The highest BCUT2D eigenvalue weighted by Gasteiger charge is 2.21. The molecule has 0 spiro atoms.